The van der Waals surface area contributed by atoms with E-state index >= 15 is 0 Å². The molecular formula is C112H124BrN9O5. The number of carbonyl (C=O) groups is 4. The van der Waals surface area contributed by atoms with E-state index in [2.05, 4.69) is 204 Å². The van der Waals surface area contributed by atoms with Crippen LogP contribution in [0.25, 0.3) is 0 Å². The molecule has 4 unspecified atom stereocenters. The summed E-state index contributed by atoms with van der Waals surface area (Å²) in [4.78, 5) is 83.0. The number of aliphatic hydroxyl groups excluding tert-OH is 1. The Balaban J connectivity index is 0.000000108. The minimum atomic E-state index is -0.862. The molecule has 3 N–H and O–H groups in total. The van der Waals surface area contributed by atoms with Gasteiger partial charge < -0.3 is 25.5 Å². The van der Waals surface area contributed by atoms with E-state index in [0.717, 1.165) is 204 Å². The molecule has 4 aliphatic heterocycles. The van der Waals surface area contributed by atoms with Crippen molar-refractivity contribution in [3.8, 4) is 24.2 Å². The average Bonchev–Trinajstić information content (AvgIpc) is 1.54. The van der Waals surface area contributed by atoms with Crippen molar-refractivity contribution < 1.29 is 24.3 Å². The van der Waals surface area contributed by atoms with E-state index < -0.39 is 22.2 Å². The summed E-state index contributed by atoms with van der Waals surface area (Å²) in [7, 11) is 8.43. The Bertz CT molecular complexity index is 5710. The van der Waals surface area contributed by atoms with Gasteiger partial charge in [0, 0.05) is 78.8 Å². The number of hydrogen-bond donors (Lipinski definition) is 2. The van der Waals surface area contributed by atoms with Crippen LogP contribution in [0.4, 0.5) is 0 Å². The molecule has 0 radical (unpaired) electrons. The highest BCUT2D eigenvalue weighted by Crippen LogP contribution is 2.66. The van der Waals surface area contributed by atoms with E-state index in [1.54, 1.807) is 21.7 Å². The Morgan fingerprint density at radius 2 is 0.669 bits per heavy atom. The predicted octanol–water partition coefficient (Wildman–Crippen LogP) is 19.3. The third kappa shape index (κ3) is 14.7. The van der Waals surface area contributed by atoms with Gasteiger partial charge in [0.25, 0.3) is 23.6 Å². The van der Waals surface area contributed by atoms with Gasteiger partial charge >= 0.3 is 0 Å². The highest BCUT2D eigenvalue weighted by atomic mass is 79.9. The molecule has 14 nitrogen and oxygen atoms in total. The predicted molar refractivity (Wildman–Crippen MR) is 510 cm³/mol. The fourth-order valence-corrected chi connectivity index (χ4v) is 25.2. The molecule has 8 aromatic carbocycles. The Hall–Kier alpha value is -10.3. The zero-order valence-electron chi connectivity index (χ0n) is 75.8. The molecule has 15 heteroatoms. The number of nitrogens with two attached hydrogens (primary N) is 1. The minimum Gasteiger partial charge on any atom is -0.400 e. The van der Waals surface area contributed by atoms with Gasteiger partial charge in [-0.2, -0.15) is 0 Å². The summed E-state index contributed by atoms with van der Waals surface area (Å²) in [6, 6.07) is 62.0. The van der Waals surface area contributed by atoms with E-state index in [9.17, 15) is 19.2 Å². The first-order chi connectivity index (χ1) is 61.5. The molecule has 0 aromatic heterocycles. The molecule has 4 saturated carbocycles. The van der Waals surface area contributed by atoms with Gasteiger partial charge in [0.1, 0.15) is 17.5 Å². The van der Waals surface area contributed by atoms with E-state index in [1.807, 2.05) is 46.8 Å². The molecule has 654 valence electrons. The highest BCUT2D eigenvalue weighted by Gasteiger charge is 2.70. The number of terminal acetylenes is 1. The summed E-state index contributed by atoms with van der Waals surface area (Å²) < 4.78 is 1.02. The fraction of sp³-hybridized carbons (Fsp3) is 0.464. The lowest BCUT2D eigenvalue weighted by molar-refractivity contribution is -0.136. The second-order valence-electron chi connectivity index (χ2n) is 40.3. The fourth-order valence-electron chi connectivity index (χ4n) is 24.9. The summed E-state index contributed by atoms with van der Waals surface area (Å²) in [5.41, 5.74) is 27.4. The minimum absolute atomic E-state index is 0.0639. The standard InChI is InChI=1S/C28H32N2O.C28H28N2O.C27H31N3O.C23H23BrN2O.C5H6.CH4O/c2*1-19-29-28(26(31)30(19)2)25-17-21(10-9-20-7-8-20)11-12-24(25)18-27(28)15-13-22-5-3-4-6-23(22)14-16-27;1-30-24(31)27(29-25(30)28)23-16-19(9-8-18-6-7-18)10-11-22(23)17-26(27)14-12-20-4-2-3-5-21(20)13-15-26;1-15-25-23(21(27)26(15)2)20-13-19(24)8-7-18(20)14-22(23)11-9-16-5-3-4-6-17(16)10-12-22;1-2-5-3-4-5;1-2/h3-6,11-12,17,20H,7-10,13-16,18H2,1-2H3;3-6,11-12,17,20H,7-8,13-16,18H2,1-2H3;2-5,10-11,16,18H,6-9,12-15,17H2,1H3,(H2,28,29);3-8,13H,9-12,14H2,1-2H3;1,5H,3-4H2;2H,1H3. The number of hydrogen-bond acceptors (Lipinski definition) is 10. The molecule has 4 heterocycles. The quantitative estimate of drug-likeness (QED) is 0.157. The van der Waals surface area contributed by atoms with Gasteiger partial charge in [-0.05, 0) is 337 Å². The molecule has 127 heavy (non-hydrogen) atoms. The lowest BCUT2D eigenvalue weighted by Crippen LogP contribution is -2.49. The van der Waals surface area contributed by atoms with Crippen LogP contribution in [0.15, 0.2) is 194 Å². The first-order valence-electron chi connectivity index (χ1n) is 47.5. The number of amides is 4. The monoisotopic (exact) mass is 1750 g/mol. The third-order valence-electron chi connectivity index (χ3n) is 33.1. The van der Waals surface area contributed by atoms with Gasteiger partial charge in [-0.1, -0.05) is 199 Å². The summed E-state index contributed by atoms with van der Waals surface area (Å²) in [6.07, 6.45) is 40.0. The van der Waals surface area contributed by atoms with E-state index in [1.165, 1.54) is 148 Å². The number of carbonyl (C=O) groups excluding carboxylic acids is 4. The molecule has 16 aliphatic rings. The molecule has 8 spiro atoms. The molecule has 24 rings (SSSR count). The number of rotatable bonds is 6. The number of guanidine groups is 1. The molecule has 4 atom stereocenters. The smallest absolute Gasteiger partial charge is 0.262 e. The van der Waals surface area contributed by atoms with E-state index in [-0.39, 0.29) is 45.3 Å². The lowest BCUT2D eigenvalue weighted by Gasteiger charge is -2.40. The number of likely N-dealkylation sites (N-methyl/N-ethyl adjacent to an activating group) is 4. The SMILES string of the molecule is C#CC1CC1.CC1=NC2(C(=O)N1C)c1cc(Br)ccc1CC21CCc2ccccc2CC1.CC1=NC2(C(=O)N1C)c1cc(C#CC3CC3)ccc1CC21CCc2ccccc2CC1.CC1=NC2(C(=O)N1C)c1cc(CCC3CC3)ccc1CC21CCc2ccccc2CC1.CN1C(=O)C2(N=C1N)c1cc(CCC3CC3)ccc1CC21CCc2ccccc2CC1.CO. The molecule has 4 amide bonds. The van der Waals surface area contributed by atoms with Crippen LogP contribution in [0.1, 0.15) is 242 Å². The Morgan fingerprint density at radius 1 is 0.378 bits per heavy atom. The molecule has 0 saturated heterocycles. The topological polar surface area (TPSA) is 177 Å². The number of amidine groups is 3. The van der Waals surface area contributed by atoms with Crippen molar-refractivity contribution in [2.45, 2.75) is 248 Å². The molecule has 4 fully saturated rings. The van der Waals surface area contributed by atoms with Gasteiger partial charge in [-0.15, -0.1) is 12.3 Å². The molecule has 12 aliphatic carbocycles. The van der Waals surface area contributed by atoms with Crippen LogP contribution >= 0.6 is 15.9 Å². The van der Waals surface area contributed by atoms with E-state index in [0.29, 0.717) is 17.8 Å². The van der Waals surface area contributed by atoms with Crippen molar-refractivity contribution in [2.75, 3.05) is 35.3 Å². The zero-order chi connectivity index (χ0) is 88.2. The Morgan fingerprint density at radius 3 is 0.945 bits per heavy atom. The molecular weight excluding hydrogens is 1630 g/mol. The van der Waals surface area contributed by atoms with Crippen LogP contribution in [0.2, 0.25) is 0 Å². The third-order valence-corrected chi connectivity index (χ3v) is 33.6. The van der Waals surface area contributed by atoms with Crippen LogP contribution in [0, 0.1) is 69.5 Å². The van der Waals surface area contributed by atoms with Gasteiger partial charge in [0.05, 0.1) is 0 Å². The lowest BCUT2D eigenvalue weighted by atomic mass is 9.65. The number of fused-ring (bicyclic) bond motifs is 16. The van der Waals surface area contributed by atoms with Crippen molar-refractivity contribution in [1.82, 2.24) is 19.6 Å². The number of benzene rings is 8. The average molecular weight is 1760 g/mol. The van der Waals surface area contributed by atoms with Crippen molar-refractivity contribution in [3.63, 3.8) is 0 Å². The molecule has 0 bridgehead atoms. The second-order valence-corrected chi connectivity index (χ2v) is 41.2. The maximum atomic E-state index is 14.0. The number of aryl methyl sites for hydroxylation is 10. The van der Waals surface area contributed by atoms with Crippen LogP contribution in [0.5, 0.6) is 0 Å². The Kier molecular flexibility index (Phi) is 22.8. The summed E-state index contributed by atoms with van der Waals surface area (Å²) in [5, 5.41) is 7.00. The van der Waals surface area contributed by atoms with Gasteiger partial charge in [0.15, 0.2) is 28.1 Å². The Labute approximate surface area is 760 Å². The number of aliphatic hydroxyl groups is 1. The van der Waals surface area contributed by atoms with Gasteiger partial charge in [-0.3, -0.25) is 39.1 Å². The van der Waals surface area contributed by atoms with Crippen LogP contribution in [0.3, 0.4) is 0 Å². The largest absolute Gasteiger partial charge is 0.400 e. The number of halogens is 1. The second kappa shape index (κ2) is 33.6. The van der Waals surface area contributed by atoms with Crippen molar-refractivity contribution in [2.24, 2.45) is 71.0 Å². The van der Waals surface area contributed by atoms with E-state index in [4.69, 9.17) is 37.2 Å². The van der Waals surface area contributed by atoms with Crippen LogP contribution in [-0.2, 0) is 131 Å². The van der Waals surface area contributed by atoms with Crippen LogP contribution in [-0.4, -0.2) is 107 Å². The van der Waals surface area contributed by atoms with Gasteiger partial charge in [-0.25, -0.2) is 4.99 Å². The number of aliphatic imine (C=N–C) groups is 4. The zero-order valence-corrected chi connectivity index (χ0v) is 77.4. The van der Waals surface area contributed by atoms with Crippen molar-refractivity contribution in [3.05, 3.63) is 280 Å². The number of nitrogens with zero attached hydrogens (tertiary/aromatic N) is 8. The summed E-state index contributed by atoms with van der Waals surface area (Å²) in [5.74, 6) is 15.9. The van der Waals surface area contributed by atoms with Crippen molar-refractivity contribution >= 4 is 63.0 Å². The first kappa shape index (κ1) is 86.1. The maximum Gasteiger partial charge on any atom is 0.262 e. The van der Waals surface area contributed by atoms with Crippen molar-refractivity contribution in [1.29, 1.82) is 0 Å². The maximum absolute atomic E-state index is 14.0. The summed E-state index contributed by atoms with van der Waals surface area (Å²) >= 11 is 3.62. The van der Waals surface area contributed by atoms with Crippen LogP contribution < -0.4 is 5.73 Å². The van der Waals surface area contributed by atoms with Gasteiger partial charge in [0.2, 0.25) is 0 Å². The first-order valence-corrected chi connectivity index (χ1v) is 48.3. The normalized spacial score (nSPS) is 25.4. The highest BCUT2D eigenvalue weighted by molar-refractivity contribution is 9.10. The summed E-state index contributed by atoms with van der Waals surface area (Å²) in [6.45, 7) is 5.93. The molecule has 8 aromatic rings.